The van der Waals surface area contributed by atoms with Crippen molar-refractivity contribution in [3.05, 3.63) is 0 Å². The minimum atomic E-state index is -0.635. The highest BCUT2D eigenvalue weighted by Gasteiger charge is 2.78. The fourth-order valence-corrected chi connectivity index (χ4v) is 9.09. The van der Waals surface area contributed by atoms with E-state index < -0.39 is 5.60 Å². The summed E-state index contributed by atoms with van der Waals surface area (Å²) < 4.78 is 0. The van der Waals surface area contributed by atoms with Gasteiger partial charge in [0, 0.05) is 13.0 Å². The molecule has 6 aliphatic carbocycles. The molecule has 0 bridgehead atoms. The molecule has 0 spiro atoms. The van der Waals surface area contributed by atoms with E-state index in [0.29, 0.717) is 42.6 Å². The Morgan fingerprint density at radius 1 is 0.900 bits per heavy atom. The Morgan fingerprint density at radius 2 is 1.57 bits per heavy atom. The van der Waals surface area contributed by atoms with E-state index in [1.807, 2.05) is 20.8 Å². The Labute approximate surface area is 183 Å². The average molecular weight is 423 g/mol. The van der Waals surface area contributed by atoms with Crippen molar-refractivity contribution < 1.29 is 20.4 Å². The minimum absolute atomic E-state index is 0.0200. The van der Waals surface area contributed by atoms with Crippen molar-refractivity contribution in [2.75, 3.05) is 6.61 Å². The lowest BCUT2D eigenvalue weighted by Crippen LogP contribution is -2.64. The van der Waals surface area contributed by atoms with Gasteiger partial charge in [0.05, 0.1) is 17.8 Å². The van der Waals surface area contributed by atoms with Crippen molar-refractivity contribution in [3.63, 3.8) is 0 Å². The van der Waals surface area contributed by atoms with Gasteiger partial charge in [-0.05, 0) is 97.2 Å². The van der Waals surface area contributed by atoms with Crippen LogP contribution >= 0.6 is 0 Å². The van der Waals surface area contributed by atoms with Crippen LogP contribution in [0.15, 0.2) is 0 Å². The first-order chi connectivity index (χ1) is 14.2. The third-order valence-corrected chi connectivity index (χ3v) is 10.6. The molecule has 0 aromatic rings. The smallest absolute Gasteiger partial charge is 0.0759 e. The molecule has 0 heterocycles. The summed E-state index contributed by atoms with van der Waals surface area (Å²) in [5.41, 5.74) is -0.514. The number of aliphatic hydroxyl groups excluding tert-OH is 3. The molecule has 4 heteroatoms. The van der Waals surface area contributed by atoms with E-state index >= 15 is 0 Å². The predicted molar refractivity (Wildman–Crippen MR) is 119 cm³/mol. The molecule has 174 valence electrons. The molecule has 0 saturated heterocycles. The summed E-state index contributed by atoms with van der Waals surface area (Å²) in [5, 5.41) is 40.7. The summed E-state index contributed by atoms with van der Waals surface area (Å²) in [6.07, 6.45) is 7.66. The van der Waals surface area contributed by atoms with Crippen molar-refractivity contribution in [3.8, 4) is 0 Å². The molecule has 0 amide bonds. The maximum absolute atomic E-state index is 11.7. The van der Waals surface area contributed by atoms with Crippen molar-refractivity contribution in [2.45, 2.75) is 104 Å². The molecule has 0 aliphatic heterocycles. The third kappa shape index (κ3) is 2.92. The van der Waals surface area contributed by atoms with Gasteiger partial charge in [-0.1, -0.05) is 34.6 Å². The molecule has 12 unspecified atom stereocenters. The van der Waals surface area contributed by atoms with Gasteiger partial charge in [-0.3, -0.25) is 0 Å². The van der Waals surface area contributed by atoms with Gasteiger partial charge in [0.25, 0.3) is 0 Å². The fraction of sp³-hybridized carbons (Fsp3) is 1.00. The summed E-state index contributed by atoms with van der Waals surface area (Å²) in [4.78, 5) is 0. The second-order valence-electron chi connectivity index (χ2n) is 11.7. The Morgan fingerprint density at radius 3 is 2.20 bits per heavy atom. The first kappa shape index (κ1) is 23.0. The highest BCUT2D eigenvalue weighted by atomic mass is 16.3. The van der Waals surface area contributed by atoms with Gasteiger partial charge in [-0.2, -0.15) is 0 Å². The van der Waals surface area contributed by atoms with Crippen molar-refractivity contribution in [2.24, 2.45) is 52.3 Å². The van der Waals surface area contributed by atoms with Crippen LogP contribution in [0.4, 0.5) is 0 Å². The van der Waals surface area contributed by atoms with Gasteiger partial charge in [-0.25, -0.2) is 0 Å². The van der Waals surface area contributed by atoms with Gasteiger partial charge in [-0.15, -0.1) is 0 Å². The Bertz CT molecular complexity index is 637. The number of fused-ring (bicyclic) bond motifs is 10. The number of rotatable bonds is 1. The van der Waals surface area contributed by atoms with Gasteiger partial charge < -0.3 is 20.4 Å². The number of hydrogen-bond donors (Lipinski definition) is 4. The first-order valence-corrected chi connectivity index (χ1v) is 12.9. The molecule has 6 fully saturated rings. The second-order valence-corrected chi connectivity index (χ2v) is 11.7. The Kier molecular flexibility index (Phi) is 5.92. The predicted octanol–water partition coefficient (Wildman–Crippen LogP) is 3.99. The summed E-state index contributed by atoms with van der Waals surface area (Å²) in [6.45, 7) is 11.0. The quantitative estimate of drug-likeness (QED) is 0.515. The lowest BCUT2D eigenvalue weighted by molar-refractivity contribution is -0.230. The molecule has 4 nitrogen and oxygen atoms in total. The standard InChI is InChI=1S/C21H32O3.C3H8O.C2H6/c1-19-5-4-14-16(17(19)11-7-12(11)18(19)23)13-8-15(13)21(24)9-10(22)3-6-20(14,21)2;1-2-3-4;1-2/h10-18,22-24H,3-9H2,1-2H3;4H,2-3H2,1H3;1-2H3. The Hall–Kier alpha value is -0.160. The zero-order valence-electron chi connectivity index (χ0n) is 19.8. The lowest BCUT2D eigenvalue weighted by atomic mass is 9.43. The van der Waals surface area contributed by atoms with E-state index in [2.05, 4.69) is 13.8 Å². The van der Waals surface area contributed by atoms with Crippen LogP contribution < -0.4 is 0 Å². The SMILES string of the molecule is CC.CC12CCC3C(C4CC4C4(O)CC(O)CCC34C)C1C1CC1C2O.CCCO. The molecule has 6 saturated carbocycles. The van der Waals surface area contributed by atoms with Crippen LogP contribution in [0.25, 0.3) is 0 Å². The Balaban J connectivity index is 0.000000329. The molecule has 0 aromatic carbocycles. The van der Waals surface area contributed by atoms with Crippen LogP contribution in [0.2, 0.25) is 0 Å². The van der Waals surface area contributed by atoms with Gasteiger partial charge in [0.15, 0.2) is 0 Å². The molecule has 12 atom stereocenters. The maximum atomic E-state index is 11.7. The van der Waals surface area contributed by atoms with Gasteiger partial charge >= 0.3 is 0 Å². The number of aliphatic hydroxyl groups is 4. The summed E-state index contributed by atoms with van der Waals surface area (Å²) in [6, 6.07) is 0. The molecule has 6 rings (SSSR count). The van der Waals surface area contributed by atoms with Crippen LogP contribution in [-0.2, 0) is 0 Å². The third-order valence-electron chi connectivity index (χ3n) is 10.6. The van der Waals surface area contributed by atoms with Crippen molar-refractivity contribution >= 4 is 0 Å². The number of hydrogen-bond acceptors (Lipinski definition) is 4. The summed E-state index contributed by atoms with van der Waals surface area (Å²) in [7, 11) is 0. The van der Waals surface area contributed by atoms with E-state index in [1.165, 1.54) is 19.3 Å². The lowest BCUT2D eigenvalue weighted by Gasteiger charge is -2.64. The van der Waals surface area contributed by atoms with E-state index in [-0.39, 0.29) is 23.0 Å². The average Bonchev–Trinajstić information content (AvgIpc) is 3.64. The molecular weight excluding hydrogens is 376 g/mol. The van der Waals surface area contributed by atoms with E-state index in [4.69, 9.17) is 5.11 Å². The van der Waals surface area contributed by atoms with Crippen LogP contribution in [0.1, 0.15) is 86.0 Å². The van der Waals surface area contributed by atoms with Crippen molar-refractivity contribution in [1.82, 2.24) is 0 Å². The topological polar surface area (TPSA) is 80.9 Å². The minimum Gasteiger partial charge on any atom is -0.396 e. The van der Waals surface area contributed by atoms with Crippen LogP contribution in [0, 0.1) is 52.3 Å². The van der Waals surface area contributed by atoms with Crippen LogP contribution in [-0.4, -0.2) is 44.8 Å². The molecule has 4 N–H and O–H groups in total. The monoisotopic (exact) mass is 422 g/mol. The largest absolute Gasteiger partial charge is 0.396 e. The molecule has 0 radical (unpaired) electrons. The zero-order valence-corrected chi connectivity index (χ0v) is 19.8. The van der Waals surface area contributed by atoms with E-state index in [9.17, 15) is 15.3 Å². The molecule has 0 aromatic heterocycles. The first-order valence-electron chi connectivity index (χ1n) is 12.9. The van der Waals surface area contributed by atoms with Crippen LogP contribution in [0.3, 0.4) is 0 Å². The van der Waals surface area contributed by atoms with E-state index in [1.54, 1.807) is 0 Å². The maximum Gasteiger partial charge on any atom is 0.0759 e. The highest BCUT2D eigenvalue weighted by Crippen LogP contribution is 2.79. The van der Waals surface area contributed by atoms with Crippen LogP contribution in [0.5, 0.6) is 0 Å². The van der Waals surface area contributed by atoms with E-state index in [0.717, 1.165) is 37.5 Å². The summed E-state index contributed by atoms with van der Waals surface area (Å²) in [5.74, 6) is 4.44. The molecular formula is C26H46O4. The second kappa shape index (κ2) is 7.71. The van der Waals surface area contributed by atoms with Crippen molar-refractivity contribution in [1.29, 1.82) is 0 Å². The normalized spacial score (nSPS) is 58.9. The van der Waals surface area contributed by atoms with Gasteiger partial charge in [0.2, 0.25) is 0 Å². The highest BCUT2D eigenvalue weighted by molar-refractivity contribution is 5.26. The fourth-order valence-electron chi connectivity index (χ4n) is 9.09. The molecule has 30 heavy (non-hydrogen) atoms. The zero-order chi connectivity index (χ0) is 22.1. The van der Waals surface area contributed by atoms with Gasteiger partial charge in [0.1, 0.15) is 0 Å². The molecule has 6 aliphatic rings. The summed E-state index contributed by atoms with van der Waals surface area (Å²) >= 11 is 0.